The molecule has 2 rings (SSSR count). The number of hydrogen-bond acceptors (Lipinski definition) is 4. The zero-order valence-electron chi connectivity index (χ0n) is 11.7. The molecule has 1 aromatic carbocycles. The van der Waals surface area contributed by atoms with Crippen LogP contribution in [-0.2, 0) is 6.54 Å². The first-order valence-electron chi connectivity index (χ1n) is 6.19. The summed E-state index contributed by atoms with van der Waals surface area (Å²) in [5.41, 5.74) is 0.916. The maximum atomic E-state index is 11.8. The smallest absolute Gasteiger partial charge is 0.287 e. The van der Waals surface area contributed by atoms with Crippen LogP contribution in [0.4, 0.5) is 0 Å². The molecule has 0 atom stereocenters. The average Bonchev–Trinajstić information content (AvgIpc) is 2.91. The number of rotatable bonds is 5. The Balaban J connectivity index is 2.02. The Kier molecular flexibility index (Phi) is 4.30. The van der Waals surface area contributed by atoms with Crippen LogP contribution in [0.1, 0.15) is 21.9 Å². The minimum Gasteiger partial charge on any atom is -0.493 e. The van der Waals surface area contributed by atoms with E-state index < -0.39 is 0 Å². The fourth-order valence-electron chi connectivity index (χ4n) is 1.82. The van der Waals surface area contributed by atoms with Crippen molar-refractivity contribution in [1.82, 2.24) is 5.32 Å². The SMILES string of the molecule is COc1ccc(CNC(=O)c2ccc(C)o2)cc1OC. The number of amides is 1. The van der Waals surface area contributed by atoms with E-state index >= 15 is 0 Å². The van der Waals surface area contributed by atoms with Gasteiger partial charge in [-0.3, -0.25) is 4.79 Å². The third kappa shape index (κ3) is 3.12. The number of benzene rings is 1. The molecule has 1 aromatic heterocycles. The molecule has 0 bridgehead atoms. The van der Waals surface area contributed by atoms with Gasteiger partial charge in [0.15, 0.2) is 17.3 Å². The molecule has 0 unspecified atom stereocenters. The molecule has 0 aliphatic rings. The van der Waals surface area contributed by atoms with Crippen molar-refractivity contribution in [1.29, 1.82) is 0 Å². The zero-order valence-corrected chi connectivity index (χ0v) is 11.7. The highest BCUT2D eigenvalue weighted by Gasteiger charge is 2.10. The van der Waals surface area contributed by atoms with Crippen LogP contribution in [0.2, 0.25) is 0 Å². The summed E-state index contributed by atoms with van der Waals surface area (Å²) >= 11 is 0. The molecule has 0 aliphatic heterocycles. The first-order chi connectivity index (χ1) is 9.63. The highest BCUT2D eigenvalue weighted by molar-refractivity contribution is 5.91. The Bertz CT molecular complexity index is 604. The molecule has 5 nitrogen and oxygen atoms in total. The van der Waals surface area contributed by atoms with E-state index in [-0.39, 0.29) is 5.91 Å². The van der Waals surface area contributed by atoms with Crippen molar-refractivity contribution in [3.63, 3.8) is 0 Å². The lowest BCUT2D eigenvalue weighted by Crippen LogP contribution is -2.22. The molecule has 0 aliphatic carbocycles. The van der Waals surface area contributed by atoms with Gasteiger partial charge in [0.25, 0.3) is 5.91 Å². The minimum absolute atomic E-state index is 0.243. The van der Waals surface area contributed by atoms with Crippen LogP contribution in [0.3, 0.4) is 0 Å². The molecule has 5 heteroatoms. The van der Waals surface area contributed by atoms with E-state index in [1.165, 1.54) is 0 Å². The number of nitrogens with one attached hydrogen (secondary N) is 1. The quantitative estimate of drug-likeness (QED) is 0.911. The van der Waals surface area contributed by atoms with Crippen molar-refractivity contribution < 1.29 is 18.7 Å². The van der Waals surface area contributed by atoms with E-state index in [2.05, 4.69) is 5.32 Å². The normalized spacial score (nSPS) is 10.2. The van der Waals surface area contributed by atoms with Crippen molar-refractivity contribution in [3.8, 4) is 11.5 Å². The monoisotopic (exact) mass is 275 g/mol. The largest absolute Gasteiger partial charge is 0.493 e. The van der Waals surface area contributed by atoms with Gasteiger partial charge in [-0.05, 0) is 36.8 Å². The highest BCUT2D eigenvalue weighted by atomic mass is 16.5. The Morgan fingerprint density at radius 2 is 1.90 bits per heavy atom. The predicted octanol–water partition coefficient (Wildman–Crippen LogP) is 2.54. The van der Waals surface area contributed by atoms with Crippen LogP contribution < -0.4 is 14.8 Å². The van der Waals surface area contributed by atoms with Crippen molar-refractivity contribution in [2.24, 2.45) is 0 Å². The molecular weight excluding hydrogens is 258 g/mol. The molecule has 0 fully saturated rings. The van der Waals surface area contributed by atoms with Gasteiger partial charge in [-0.15, -0.1) is 0 Å². The summed E-state index contributed by atoms with van der Waals surface area (Å²) in [6.07, 6.45) is 0. The molecule has 2 aromatic rings. The predicted molar refractivity (Wildman–Crippen MR) is 74.2 cm³/mol. The molecule has 1 heterocycles. The lowest BCUT2D eigenvalue weighted by Gasteiger charge is -2.10. The first-order valence-corrected chi connectivity index (χ1v) is 6.19. The number of carbonyl (C=O) groups excluding carboxylic acids is 1. The topological polar surface area (TPSA) is 60.7 Å². The summed E-state index contributed by atoms with van der Waals surface area (Å²) in [5, 5.41) is 2.79. The van der Waals surface area contributed by atoms with E-state index in [0.717, 1.165) is 5.56 Å². The molecule has 0 radical (unpaired) electrons. The first kappa shape index (κ1) is 14.0. The van der Waals surface area contributed by atoms with Gasteiger partial charge in [0.2, 0.25) is 0 Å². The van der Waals surface area contributed by atoms with E-state index in [4.69, 9.17) is 13.9 Å². The number of ether oxygens (including phenoxy) is 2. The Morgan fingerprint density at radius 3 is 2.50 bits per heavy atom. The lowest BCUT2D eigenvalue weighted by atomic mass is 10.2. The lowest BCUT2D eigenvalue weighted by molar-refractivity contribution is 0.0922. The number of carbonyl (C=O) groups is 1. The number of methoxy groups -OCH3 is 2. The maximum absolute atomic E-state index is 11.8. The Hall–Kier alpha value is -2.43. The zero-order chi connectivity index (χ0) is 14.5. The van der Waals surface area contributed by atoms with Gasteiger partial charge < -0.3 is 19.2 Å². The summed E-state index contributed by atoms with van der Waals surface area (Å²) in [5.74, 6) is 2.06. The van der Waals surface area contributed by atoms with Crippen molar-refractivity contribution in [3.05, 3.63) is 47.4 Å². The van der Waals surface area contributed by atoms with Crippen molar-refractivity contribution in [2.75, 3.05) is 14.2 Å². The van der Waals surface area contributed by atoms with Gasteiger partial charge in [-0.25, -0.2) is 0 Å². The fourth-order valence-corrected chi connectivity index (χ4v) is 1.82. The van der Waals surface area contributed by atoms with Gasteiger partial charge in [0.05, 0.1) is 14.2 Å². The minimum atomic E-state index is -0.243. The van der Waals surface area contributed by atoms with Crippen LogP contribution >= 0.6 is 0 Å². The summed E-state index contributed by atoms with van der Waals surface area (Å²) in [6.45, 7) is 2.18. The summed E-state index contributed by atoms with van der Waals surface area (Å²) in [4.78, 5) is 11.8. The third-order valence-corrected chi connectivity index (χ3v) is 2.87. The third-order valence-electron chi connectivity index (χ3n) is 2.87. The Labute approximate surface area is 117 Å². The fraction of sp³-hybridized carbons (Fsp3) is 0.267. The van der Waals surface area contributed by atoms with Crippen LogP contribution in [0, 0.1) is 6.92 Å². The van der Waals surface area contributed by atoms with Gasteiger partial charge >= 0.3 is 0 Å². The second-order valence-corrected chi connectivity index (χ2v) is 4.28. The van der Waals surface area contributed by atoms with E-state index in [0.29, 0.717) is 29.6 Å². The van der Waals surface area contributed by atoms with Crippen LogP contribution in [0.5, 0.6) is 11.5 Å². The molecule has 1 amide bonds. The van der Waals surface area contributed by atoms with Crippen LogP contribution in [0.15, 0.2) is 34.7 Å². The van der Waals surface area contributed by atoms with Gasteiger partial charge in [0, 0.05) is 6.54 Å². The van der Waals surface area contributed by atoms with E-state index in [9.17, 15) is 4.79 Å². The molecule has 0 spiro atoms. The molecule has 20 heavy (non-hydrogen) atoms. The Morgan fingerprint density at radius 1 is 1.15 bits per heavy atom. The number of hydrogen-bond donors (Lipinski definition) is 1. The van der Waals surface area contributed by atoms with E-state index in [1.54, 1.807) is 39.3 Å². The average molecular weight is 275 g/mol. The molecule has 1 N–H and O–H groups in total. The molecule has 0 saturated heterocycles. The molecule has 106 valence electrons. The van der Waals surface area contributed by atoms with Crippen LogP contribution in [-0.4, -0.2) is 20.1 Å². The molecule has 0 saturated carbocycles. The number of furan rings is 1. The van der Waals surface area contributed by atoms with Crippen molar-refractivity contribution >= 4 is 5.91 Å². The summed E-state index contributed by atoms with van der Waals surface area (Å²) in [6, 6.07) is 8.91. The highest BCUT2D eigenvalue weighted by Crippen LogP contribution is 2.27. The van der Waals surface area contributed by atoms with E-state index in [1.807, 2.05) is 12.1 Å². The second kappa shape index (κ2) is 6.14. The van der Waals surface area contributed by atoms with Gasteiger partial charge in [-0.1, -0.05) is 6.07 Å². The van der Waals surface area contributed by atoms with Gasteiger partial charge in [0.1, 0.15) is 5.76 Å². The standard InChI is InChI=1S/C15H17NO4/c1-10-4-6-13(20-10)15(17)16-9-11-5-7-12(18-2)14(8-11)19-3/h4-8H,9H2,1-3H3,(H,16,17). The maximum Gasteiger partial charge on any atom is 0.287 e. The molecular formula is C15H17NO4. The number of aryl methyl sites for hydroxylation is 1. The second-order valence-electron chi connectivity index (χ2n) is 4.28. The summed E-state index contributed by atoms with van der Waals surface area (Å²) in [7, 11) is 3.16. The summed E-state index contributed by atoms with van der Waals surface area (Å²) < 4.78 is 15.6. The van der Waals surface area contributed by atoms with Crippen molar-refractivity contribution in [2.45, 2.75) is 13.5 Å². The van der Waals surface area contributed by atoms with Gasteiger partial charge in [-0.2, -0.15) is 0 Å². The van der Waals surface area contributed by atoms with Crippen LogP contribution in [0.25, 0.3) is 0 Å².